The van der Waals surface area contributed by atoms with Crippen molar-refractivity contribution in [2.75, 3.05) is 45.3 Å². The summed E-state index contributed by atoms with van der Waals surface area (Å²) in [6, 6.07) is 7.35. The highest BCUT2D eigenvalue weighted by atomic mass is 32.2. The molecule has 0 bridgehead atoms. The molecule has 1 aromatic rings. The quantitative estimate of drug-likeness (QED) is 0.738. The average Bonchev–Trinajstić information content (AvgIpc) is 2.70. The second kappa shape index (κ2) is 10.4. The van der Waals surface area contributed by atoms with E-state index in [2.05, 4.69) is 0 Å². The summed E-state index contributed by atoms with van der Waals surface area (Å²) in [6.45, 7) is 2.31. The molecule has 0 aromatic heterocycles. The van der Waals surface area contributed by atoms with Crippen LogP contribution in [0.5, 0.6) is 5.75 Å². The smallest absolute Gasteiger partial charge is 0.239 e. The first-order chi connectivity index (χ1) is 12.5. The van der Waals surface area contributed by atoms with Crippen LogP contribution in [0.2, 0.25) is 0 Å². The first-order valence-corrected chi connectivity index (χ1v) is 10.4. The van der Waals surface area contributed by atoms with Gasteiger partial charge in [0.2, 0.25) is 11.8 Å². The summed E-state index contributed by atoms with van der Waals surface area (Å²) in [4.78, 5) is 28.4. The summed E-state index contributed by atoms with van der Waals surface area (Å²) in [5.74, 6) is 1.84. The fourth-order valence-electron chi connectivity index (χ4n) is 2.98. The molecule has 7 heteroatoms. The van der Waals surface area contributed by atoms with Crippen molar-refractivity contribution in [3.63, 3.8) is 0 Å². The summed E-state index contributed by atoms with van der Waals surface area (Å²) in [7, 11) is 1.64. The molecule has 2 rings (SSSR count). The Labute approximate surface area is 160 Å². The van der Waals surface area contributed by atoms with Gasteiger partial charge in [0.25, 0.3) is 0 Å². The number of methoxy groups -OCH3 is 1. The van der Waals surface area contributed by atoms with E-state index in [0.29, 0.717) is 45.4 Å². The maximum Gasteiger partial charge on any atom is 0.239 e. The lowest BCUT2D eigenvalue weighted by molar-refractivity contribution is -0.140. The number of hydrogen-bond acceptors (Lipinski definition) is 5. The van der Waals surface area contributed by atoms with Gasteiger partial charge in [-0.15, -0.1) is 0 Å². The van der Waals surface area contributed by atoms with E-state index < -0.39 is 6.04 Å². The Hall–Kier alpha value is -1.73. The van der Waals surface area contributed by atoms with E-state index in [4.69, 9.17) is 10.5 Å². The topological polar surface area (TPSA) is 75.9 Å². The average molecular weight is 380 g/mol. The molecule has 0 unspecified atom stereocenters. The first kappa shape index (κ1) is 20.6. The molecule has 1 aromatic carbocycles. The molecule has 0 radical (unpaired) electrons. The Morgan fingerprint density at radius 3 is 2.35 bits per heavy atom. The van der Waals surface area contributed by atoms with Gasteiger partial charge in [-0.05, 0) is 42.5 Å². The van der Waals surface area contributed by atoms with Crippen molar-refractivity contribution in [2.45, 2.75) is 25.3 Å². The standard InChI is InChI=1S/C19H29N3O3S/c1-25-16-6-3-15(4-7-16)5-8-18(23)21-10-12-22(13-11-21)19(24)17(20)9-14-26-2/h3-4,6-7,17H,5,8-14,20H2,1-2H3/t17-/m0/s1. The third-order valence-electron chi connectivity index (χ3n) is 4.68. The van der Waals surface area contributed by atoms with Gasteiger partial charge in [0.15, 0.2) is 0 Å². The zero-order valence-electron chi connectivity index (χ0n) is 15.6. The third-order valence-corrected chi connectivity index (χ3v) is 5.32. The minimum absolute atomic E-state index is 0.00406. The van der Waals surface area contributed by atoms with Crippen LogP contribution < -0.4 is 10.5 Å². The van der Waals surface area contributed by atoms with Gasteiger partial charge in [0.05, 0.1) is 13.2 Å². The number of ether oxygens (including phenoxy) is 1. The summed E-state index contributed by atoms with van der Waals surface area (Å²) in [6.07, 6.45) is 3.89. The molecule has 2 amide bonds. The third kappa shape index (κ3) is 5.92. The normalized spacial score (nSPS) is 15.7. The van der Waals surface area contributed by atoms with Gasteiger partial charge < -0.3 is 20.3 Å². The van der Waals surface area contributed by atoms with Gasteiger partial charge in [-0.3, -0.25) is 9.59 Å². The summed E-state index contributed by atoms with van der Waals surface area (Å²) < 4.78 is 5.14. The van der Waals surface area contributed by atoms with Gasteiger partial charge >= 0.3 is 0 Å². The number of thioether (sulfide) groups is 1. The predicted molar refractivity (Wildman–Crippen MR) is 105 cm³/mol. The number of hydrogen-bond donors (Lipinski definition) is 1. The lowest BCUT2D eigenvalue weighted by Gasteiger charge is -2.36. The molecule has 144 valence electrons. The van der Waals surface area contributed by atoms with E-state index in [0.717, 1.165) is 17.1 Å². The summed E-state index contributed by atoms with van der Waals surface area (Å²) in [5, 5.41) is 0. The number of nitrogens with zero attached hydrogens (tertiary/aromatic N) is 2. The van der Waals surface area contributed by atoms with E-state index >= 15 is 0 Å². The number of carbonyl (C=O) groups excluding carboxylic acids is 2. The number of rotatable bonds is 8. The molecule has 26 heavy (non-hydrogen) atoms. The molecule has 0 aliphatic carbocycles. The number of piperazine rings is 1. The largest absolute Gasteiger partial charge is 0.497 e. The molecule has 1 aliphatic heterocycles. The molecule has 2 N–H and O–H groups in total. The zero-order valence-corrected chi connectivity index (χ0v) is 16.5. The summed E-state index contributed by atoms with van der Waals surface area (Å²) in [5.41, 5.74) is 7.09. The number of aryl methyl sites for hydroxylation is 1. The van der Waals surface area contributed by atoms with Gasteiger partial charge in [0.1, 0.15) is 5.75 Å². The molecular formula is C19H29N3O3S. The van der Waals surface area contributed by atoms with Gasteiger partial charge in [-0.25, -0.2) is 0 Å². The molecule has 1 fully saturated rings. The van der Waals surface area contributed by atoms with Crippen LogP contribution in [0.3, 0.4) is 0 Å². The van der Waals surface area contributed by atoms with Crippen LogP contribution in [-0.4, -0.2) is 73.0 Å². The molecule has 1 heterocycles. The SMILES string of the molecule is COc1ccc(CCC(=O)N2CCN(C(=O)[C@@H](N)CCSC)CC2)cc1. The lowest BCUT2D eigenvalue weighted by Crippen LogP contribution is -2.54. The van der Waals surface area contributed by atoms with E-state index in [-0.39, 0.29) is 11.8 Å². The molecular weight excluding hydrogens is 350 g/mol. The minimum Gasteiger partial charge on any atom is -0.497 e. The maximum absolute atomic E-state index is 12.4. The number of benzene rings is 1. The van der Waals surface area contributed by atoms with Crippen molar-refractivity contribution in [3.05, 3.63) is 29.8 Å². The van der Waals surface area contributed by atoms with Crippen LogP contribution in [0.4, 0.5) is 0 Å². The highest BCUT2D eigenvalue weighted by molar-refractivity contribution is 7.98. The molecule has 1 saturated heterocycles. The van der Waals surface area contributed by atoms with Crippen molar-refractivity contribution >= 4 is 23.6 Å². The van der Waals surface area contributed by atoms with Crippen LogP contribution in [-0.2, 0) is 16.0 Å². The zero-order chi connectivity index (χ0) is 18.9. The van der Waals surface area contributed by atoms with Crippen molar-refractivity contribution in [1.29, 1.82) is 0 Å². The number of amides is 2. The Balaban J connectivity index is 1.74. The number of nitrogens with two attached hydrogens (primary N) is 1. The second-order valence-corrected chi connectivity index (χ2v) is 7.43. The highest BCUT2D eigenvalue weighted by Crippen LogP contribution is 2.14. The molecule has 6 nitrogen and oxygen atoms in total. The Morgan fingerprint density at radius 1 is 1.15 bits per heavy atom. The fourth-order valence-corrected chi connectivity index (χ4v) is 3.47. The molecule has 1 atom stereocenters. The minimum atomic E-state index is -0.431. The Morgan fingerprint density at radius 2 is 1.77 bits per heavy atom. The van der Waals surface area contributed by atoms with E-state index in [1.807, 2.05) is 35.4 Å². The van der Waals surface area contributed by atoms with Crippen molar-refractivity contribution in [3.8, 4) is 5.75 Å². The van der Waals surface area contributed by atoms with Crippen LogP contribution in [0.1, 0.15) is 18.4 Å². The first-order valence-electron chi connectivity index (χ1n) is 8.99. The van der Waals surface area contributed by atoms with E-state index in [1.165, 1.54) is 0 Å². The second-order valence-electron chi connectivity index (χ2n) is 6.44. The summed E-state index contributed by atoms with van der Waals surface area (Å²) >= 11 is 1.69. The van der Waals surface area contributed by atoms with Gasteiger partial charge in [-0.1, -0.05) is 12.1 Å². The maximum atomic E-state index is 12.4. The van der Waals surface area contributed by atoms with Crippen molar-refractivity contribution in [1.82, 2.24) is 9.80 Å². The van der Waals surface area contributed by atoms with Gasteiger partial charge in [-0.2, -0.15) is 11.8 Å². The van der Waals surface area contributed by atoms with Crippen molar-refractivity contribution < 1.29 is 14.3 Å². The Bertz CT molecular complexity index is 586. The Kier molecular flexibility index (Phi) is 8.25. The lowest BCUT2D eigenvalue weighted by atomic mass is 10.1. The van der Waals surface area contributed by atoms with Crippen LogP contribution >= 0.6 is 11.8 Å². The molecule has 1 aliphatic rings. The van der Waals surface area contributed by atoms with E-state index in [9.17, 15) is 9.59 Å². The predicted octanol–water partition coefficient (Wildman–Crippen LogP) is 1.38. The van der Waals surface area contributed by atoms with Crippen LogP contribution in [0.25, 0.3) is 0 Å². The van der Waals surface area contributed by atoms with Crippen LogP contribution in [0, 0.1) is 0 Å². The highest BCUT2D eigenvalue weighted by Gasteiger charge is 2.26. The van der Waals surface area contributed by atoms with Gasteiger partial charge in [0, 0.05) is 32.6 Å². The van der Waals surface area contributed by atoms with E-state index in [1.54, 1.807) is 23.8 Å². The monoisotopic (exact) mass is 379 g/mol. The number of carbonyl (C=O) groups is 2. The fraction of sp³-hybridized carbons (Fsp3) is 0.579. The van der Waals surface area contributed by atoms with Crippen molar-refractivity contribution in [2.24, 2.45) is 5.73 Å². The molecule has 0 saturated carbocycles. The molecule has 0 spiro atoms. The van der Waals surface area contributed by atoms with Crippen LogP contribution in [0.15, 0.2) is 24.3 Å².